The number of hydrogen-bond donors (Lipinski definition) is 2. The van der Waals surface area contributed by atoms with Crippen LogP contribution >= 0.6 is 0 Å². The molecule has 0 aliphatic heterocycles. The quantitative estimate of drug-likeness (QED) is 0.700. The Morgan fingerprint density at radius 3 is 2.45 bits per heavy atom. The second-order valence-corrected chi connectivity index (χ2v) is 4.84. The predicted molar refractivity (Wildman–Crippen MR) is 76.3 cm³/mol. The van der Waals surface area contributed by atoms with Crippen LogP contribution < -0.4 is 5.23 Å². The number of aryl methyl sites for hydroxylation is 2. The molecule has 0 spiro atoms. The van der Waals surface area contributed by atoms with Crippen LogP contribution in [0.2, 0.25) is 0 Å². The lowest BCUT2D eigenvalue weighted by Gasteiger charge is -2.11. The lowest BCUT2D eigenvalue weighted by molar-refractivity contribution is -0.991. The monoisotopic (exact) mass is 269 g/mol. The maximum Gasteiger partial charge on any atom is 0.166 e. The van der Waals surface area contributed by atoms with Crippen molar-refractivity contribution in [2.45, 2.75) is 13.8 Å². The van der Waals surface area contributed by atoms with Crippen molar-refractivity contribution < 1.29 is 10.4 Å². The third kappa shape index (κ3) is 2.08. The summed E-state index contributed by atoms with van der Waals surface area (Å²) < 4.78 is 2.03. The molecule has 0 radical (unpaired) electrons. The van der Waals surface area contributed by atoms with E-state index in [2.05, 4.69) is 4.98 Å². The molecule has 3 aromatic rings. The van der Waals surface area contributed by atoms with Gasteiger partial charge >= 0.3 is 0 Å². The normalized spacial score (nSPS) is 12.8. The minimum absolute atomic E-state index is 0.256. The number of imidazole rings is 1. The van der Waals surface area contributed by atoms with Crippen LogP contribution in [-0.2, 0) is 0 Å². The van der Waals surface area contributed by atoms with E-state index in [0.29, 0.717) is 5.52 Å². The van der Waals surface area contributed by atoms with E-state index in [4.69, 9.17) is 5.21 Å². The molecule has 2 N–H and O–H groups in total. The van der Waals surface area contributed by atoms with Gasteiger partial charge in [-0.15, -0.1) is 0 Å². The molecule has 0 fully saturated rings. The van der Waals surface area contributed by atoms with E-state index in [1.54, 1.807) is 18.2 Å². The average molecular weight is 269 g/mol. The van der Waals surface area contributed by atoms with Gasteiger partial charge in [-0.1, -0.05) is 17.7 Å². The van der Waals surface area contributed by atoms with Crippen LogP contribution in [0.3, 0.4) is 0 Å². The van der Waals surface area contributed by atoms with Crippen molar-refractivity contribution in [3.05, 3.63) is 59.1 Å². The molecule has 3 rings (SSSR count). The highest BCUT2D eigenvalue weighted by atomic mass is 16.8. The smallest absolute Gasteiger partial charge is 0.166 e. The average Bonchev–Trinajstić information content (AvgIpc) is 2.74. The summed E-state index contributed by atoms with van der Waals surface area (Å²) >= 11 is 0. The Hall–Kier alpha value is -2.21. The third-order valence-electron chi connectivity index (χ3n) is 3.36. The first-order chi connectivity index (χ1) is 9.56. The molecule has 0 amide bonds. The van der Waals surface area contributed by atoms with Gasteiger partial charge in [-0.05, 0) is 32.0 Å². The molecule has 20 heavy (non-hydrogen) atoms. The van der Waals surface area contributed by atoms with Crippen LogP contribution in [-0.4, -0.2) is 14.8 Å². The molecular weight excluding hydrogens is 254 g/mol. The number of nitrogens with one attached hydrogen (secondary N) is 1. The lowest BCUT2D eigenvalue weighted by atomic mass is 10.2. The van der Waals surface area contributed by atoms with E-state index >= 15 is 0 Å². The summed E-state index contributed by atoms with van der Waals surface area (Å²) in [4.78, 5) is 4.45. The first kappa shape index (κ1) is 12.8. The number of quaternary nitrogens is 1. The van der Waals surface area contributed by atoms with E-state index in [0.717, 1.165) is 17.0 Å². The number of fused-ring (bicyclic) bond motifs is 1. The highest BCUT2D eigenvalue weighted by Gasteiger charge is 2.11. The van der Waals surface area contributed by atoms with E-state index in [1.165, 1.54) is 5.56 Å². The first-order valence-corrected chi connectivity index (χ1v) is 6.36. The largest absolute Gasteiger partial charge is 0.595 e. The minimum Gasteiger partial charge on any atom is -0.595 e. The Labute approximate surface area is 116 Å². The Morgan fingerprint density at radius 1 is 1.10 bits per heavy atom. The molecular formula is C15H15N3O2. The standard InChI is InChI=1S/C15H15N3O2/c1-10-3-5-12(6-4-10)17-11(2)16-14-9-13(18(19)20)7-8-15(14)17/h3-9,18-19H,1-2H3. The minimum atomic E-state index is -0.936. The molecule has 2 aromatic carbocycles. The Morgan fingerprint density at radius 2 is 1.80 bits per heavy atom. The Bertz CT molecular complexity index is 761. The summed E-state index contributed by atoms with van der Waals surface area (Å²) in [7, 11) is 0. The van der Waals surface area contributed by atoms with Crippen LogP contribution in [0.25, 0.3) is 16.7 Å². The first-order valence-electron chi connectivity index (χ1n) is 6.36. The molecule has 0 aliphatic carbocycles. The van der Waals surface area contributed by atoms with Gasteiger partial charge in [-0.3, -0.25) is 4.57 Å². The Balaban J connectivity index is 2.20. The molecule has 5 heteroatoms. The number of nitrogens with zero attached hydrogens (tertiary/aromatic N) is 2. The maximum absolute atomic E-state index is 11.0. The van der Waals surface area contributed by atoms with Crippen molar-refractivity contribution in [3.8, 4) is 5.69 Å². The second-order valence-electron chi connectivity index (χ2n) is 4.84. The molecule has 1 aromatic heterocycles. The van der Waals surface area contributed by atoms with Crippen molar-refractivity contribution in [2.24, 2.45) is 0 Å². The summed E-state index contributed by atoms with van der Waals surface area (Å²) in [6.07, 6.45) is 0. The van der Waals surface area contributed by atoms with E-state index in [-0.39, 0.29) is 5.69 Å². The zero-order valence-corrected chi connectivity index (χ0v) is 11.3. The summed E-state index contributed by atoms with van der Waals surface area (Å²) in [5.74, 6) is 0.839. The van der Waals surface area contributed by atoms with Crippen molar-refractivity contribution in [1.29, 1.82) is 0 Å². The maximum atomic E-state index is 11.0. The Kier molecular flexibility index (Phi) is 3.02. The zero-order chi connectivity index (χ0) is 14.3. The van der Waals surface area contributed by atoms with Crippen LogP contribution in [0.5, 0.6) is 0 Å². The van der Waals surface area contributed by atoms with Gasteiger partial charge in [0.15, 0.2) is 5.69 Å². The molecule has 0 saturated carbocycles. The second kappa shape index (κ2) is 4.72. The van der Waals surface area contributed by atoms with Gasteiger partial charge in [0.05, 0.1) is 11.0 Å². The summed E-state index contributed by atoms with van der Waals surface area (Å²) in [6, 6.07) is 13.2. The van der Waals surface area contributed by atoms with Gasteiger partial charge in [0, 0.05) is 17.8 Å². The molecule has 1 unspecified atom stereocenters. The fourth-order valence-electron chi connectivity index (χ4n) is 2.35. The van der Waals surface area contributed by atoms with Gasteiger partial charge < -0.3 is 5.21 Å². The van der Waals surface area contributed by atoms with Crippen LogP contribution in [0, 0.1) is 19.1 Å². The molecule has 1 atom stereocenters. The summed E-state index contributed by atoms with van der Waals surface area (Å²) in [5.41, 5.74) is 4.09. The van der Waals surface area contributed by atoms with Gasteiger partial charge in [-0.25, -0.2) is 10.2 Å². The van der Waals surface area contributed by atoms with Gasteiger partial charge in [0.25, 0.3) is 0 Å². The van der Waals surface area contributed by atoms with E-state index < -0.39 is 5.23 Å². The van der Waals surface area contributed by atoms with Crippen LogP contribution in [0.15, 0.2) is 42.5 Å². The molecule has 5 nitrogen and oxygen atoms in total. The molecule has 0 saturated heterocycles. The molecule has 1 heterocycles. The van der Waals surface area contributed by atoms with Crippen LogP contribution in [0.4, 0.5) is 5.69 Å². The van der Waals surface area contributed by atoms with Crippen molar-refractivity contribution in [3.63, 3.8) is 0 Å². The van der Waals surface area contributed by atoms with Crippen molar-refractivity contribution in [1.82, 2.24) is 9.55 Å². The number of benzene rings is 2. The van der Waals surface area contributed by atoms with Gasteiger partial charge in [-0.2, -0.15) is 5.23 Å². The summed E-state index contributed by atoms with van der Waals surface area (Å²) in [5, 5.41) is 19.1. The number of hydrogen-bond acceptors (Lipinski definition) is 3. The fraction of sp³-hybridized carbons (Fsp3) is 0.133. The topological polar surface area (TPSA) is 65.5 Å². The van der Waals surface area contributed by atoms with Gasteiger partial charge in [0.1, 0.15) is 5.82 Å². The molecule has 102 valence electrons. The number of aromatic nitrogens is 2. The van der Waals surface area contributed by atoms with Crippen LogP contribution in [0.1, 0.15) is 11.4 Å². The highest BCUT2D eigenvalue weighted by molar-refractivity contribution is 5.80. The number of rotatable bonds is 2. The van der Waals surface area contributed by atoms with Crippen molar-refractivity contribution in [2.75, 3.05) is 0 Å². The molecule has 0 aliphatic rings. The van der Waals surface area contributed by atoms with Gasteiger partial charge in [0.2, 0.25) is 0 Å². The fourth-order valence-corrected chi connectivity index (χ4v) is 2.35. The van der Waals surface area contributed by atoms with E-state index in [9.17, 15) is 5.21 Å². The molecule has 0 bridgehead atoms. The zero-order valence-electron chi connectivity index (χ0n) is 11.3. The predicted octanol–water partition coefficient (Wildman–Crippen LogP) is 2.05. The summed E-state index contributed by atoms with van der Waals surface area (Å²) in [6.45, 7) is 3.96. The SMILES string of the molecule is Cc1ccc(-n2c(C)nc3cc([NH+]([O-])O)ccc32)cc1. The van der Waals surface area contributed by atoms with E-state index in [1.807, 2.05) is 42.7 Å². The highest BCUT2D eigenvalue weighted by Crippen LogP contribution is 2.23. The lowest BCUT2D eigenvalue weighted by Crippen LogP contribution is -2.99. The third-order valence-corrected chi connectivity index (χ3v) is 3.36. The van der Waals surface area contributed by atoms with Crippen molar-refractivity contribution >= 4 is 16.7 Å².